The molecule has 0 saturated heterocycles. The summed E-state index contributed by atoms with van der Waals surface area (Å²) in [5, 5.41) is 16.3. The minimum atomic E-state index is -0.137. The second-order valence-electron chi connectivity index (χ2n) is 6.49. The molecule has 8 nitrogen and oxygen atoms in total. The summed E-state index contributed by atoms with van der Waals surface area (Å²) in [7, 11) is 0. The Balaban J connectivity index is 1.60. The van der Waals surface area contributed by atoms with Crippen LogP contribution in [-0.2, 0) is 13.0 Å². The van der Waals surface area contributed by atoms with E-state index >= 15 is 0 Å². The van der Waals surface area contributed by atoms with Gasteiger partial charge in [-0.05, 0) is 37.6 Å². The molecule has 1 amide bonds. The summed E-state index contributed by atoms with van der Waals surface area (Å²) < 4.78 is 1.69. The molecule has 0 unspecified atom stereocenters. The maximum Gasteiger partial charge on any atom is 0.276 e. The number of benzene rings is 1. The summed E-state index contributed by atoms with van der Waals surface area (Å²) in [6.45, 7) is 4.90. The largest absolute Gasteiger partial charge is 0.382 e. The fraction of sp³-hybridized carbons (Fsp3) is 0.278. The third-order valence-corrected chi connectivity index (χ3v) is 4.62. The number of aromatic nitrogens is 5. The van der Waals surface area contributed by atoms with Crippen LogP contribution in [0.1, 0.15) is 33.0 Å². The van der Waals surface area contributed by atoms with Gasteiger partial charge in [-0.1, -0.05) is 22.9 Å². The molecule has 8 heteroatoms. The Morgan fingerprint density at radius 2 is 1.88 bits per heavy atom. The maximum absolute atomic E-state index is 13.0. The van der Waals surface area contributed by atoms with Gasteiger partial charge in [0.2, 0.25) is 0 Å². The van der Waals surface area contributed by atoms with E-state index in [2.05, 4.69) is 20.5 Å². The number of nitrogen functional groups attached to an aromatic ring is 1. The predicted octanol–water partition coefficient (Wildman–Crippen LogP) is 1.45. The molecular weight excluding hydrogens is 330 g/mol. The third kappa shape index (κ3) is 2.79. The van der Waals surface area contributed by atoms with Crippen LogP contribution in [0.25, 0.3) is 5.69 Å². The van der Waals surface area contributed by atoms with Crippen LogP contribution in [0, 0.1) is 13.8 Å². The summed E-state index contributed by atoms with van der Waals surface area (Å²) in [6, 6.07) is 9.71. The van der Waals surface area contributed by atoms with Gasteiger partial charge >= 0.3 is 0 Å². The molecule has 1 aliphatic rings. The molecule has 3 aromatic rings. The van der Waals surface area contributed by atoms with Crippen LogP contribution in [0.5, 0.6) is 0 Å². The van der Waals surface area contributed by atoms with Crippen LogP contribution in [0.15, 0.2) is 30.3 Å². The maximum atomic E-state index is 13.0. The first-order chi connectivity index (χ1) is 12.5. The number of hydrogen-bond donors (Lipinski definition) is 1. The monoisotopic (exact) mass is 349 g/mol. The van der Waals surface area contributed by atoms with Gasteiger partial charge in [-0.15, -0.1) is 10.2 Å². The quantitative estimate of drug-likeness (QED) is 0.751. The number of anilines is 1. The Labute approximate surface area is 150 Å². The van der Waals surface area contributed by atoms with E-state index < -0.39 is 0 Å². The Bertz CT molecular complexity index is 978. The molecule has 0 bridgehead atoms. The van der Waals surface area contributed by atoms with Crippen LogP contribution in [-0.4, -0.2) is 42.5 Å². The summed E-state index contributed by atoms with van der Waals surface area (Å²) in [4.78, 5) is 14.7. The molecule has 0 aliphatic carbocycles. The molecule has 2 N–H and O–H groups in total. The number of amides is 1. The van der Waals surface area contributed by atoms with Gasteiger partial charge in [0.25, 0.3) is 5.91 Å². The minimum absolute atomic E-state index is 0.137. The number of fused-ring (bicyclic) bond motifs is 1. The summed E-state index contributed by atoms with van der Waals surface area (Å²) in [5.74, 6) is 0.224. The first-order valence-electron chi connectivity index (χ1n) is 8.42. The van der Waals surface area contributed by atoms with Crippen molar-refractivity contribution < 1.29 is 4.79 Å². The molecule has 4 rings (SSSR count). The molecule has 0 atom stereocenters. The Kier molecular flexibility index (Phi) is 3.87. The van der Waals surface area contributed by atoms with Crippen molar-refractivity contribution in [3.05, 3.63) is 58.5 Å². The highest BCUT2D eigenvalue weighted by molar-refractivity contribution is 5.93. The summed E-state index contributed by atoms with van der Waals surface area (Å²) >= 11 is 0. The number of aryl methyl sites for hydroxylation is 1. The second kappa shape index (κ2) is 6.21. The van der Waals surface area contributed by atoms with Crippen molar-refractivity contribution in [2.75, 3.05) is 12.3 Å². The number of nitrogens with two attached hydrogens (primary N) is 1. The molecular formula is C18H19N7O. The molecule has 0 saturated carbocycles. The lowest BCUT2D eigenvalue weighted by Crippen LogP contribution is -2.37. The van der Waals surface area contributed by atoms with Gasteiger partial charge in [-0.2, -0.15) is 5.10 Å². The number of carbonyl (C=O) groups is 1. The van der Waals surface area contributed by atoms with Gasteiger partial charge < -0.3 is 10.6 Å². The van der Waals surface area contributed by atoms with Crippen LogP contribution < -0.4 is 5.73 Å². The van der Waals surface area contributed by atoms with E-state index in [9.17, 15) is 4.79 Å². The van der Waals surface area contributed by atoms with E-state index in [4.69, 9.17) is 5.73 Å². The smallest absolute Gasteiger partial charge is 0.276 e. The van der Waals surface area contributed by atoms with Crippen molar-refractivity contribution in [3.8, 4) is 5.69 Å². The van der Waals surface area contributed by atoms with Crippen LogP contribution >= 0.6 is 0 Å². The van der Waals surface area contributed by atoms with E-state index in [1.807, 2.05) is 38.1 Å². The fourth-order valence-corrected chi connectivity index (χ4v) is 3.13. The Hall–Kier alpha value is -3.29. The average Bonchev–Trinajstić information content (AvgIpc) is 3.02. The zero-order valence-corrected chi connectivity index (χ0v) is 14.7. The SMILES string of the molecule is Cc1ccc(-n2nnc(C(=O)N3CCc4nnc(N)cc4C3)c2C)cc1. The molecule has 2 aromatic heterocycles. The summed E-state index contributed by atoms with van der Waals surface area (Å²) in [5.41, 5.74) is 10.7. The topological polar surface area (TPSA) is 103 Å². The highest BCUT2D eigenvalue weighted by Gasteiger charge is 2.27. The van der Waals surface area contributed by atoms with Crippen molar-refractivity contribution in [1.29, 1.82) is 0 Å². The lowest BCUT2D eigenvalue weighted by atomic mass is 10.1. The lowest BCUT2D eigenvalue weighted by Gasteiger charge is -2.27. The number of hydrogen-bond acceptors (Lipinski definition) is 6. The predicted molar refractivity (Wildman–Crippen MR) is 95.7 cm³/mol. The van der Waals surface area contributed by atoms with Gasteiger partial charge in [0.15, 0.2) is 5.69 Å². The van der Waals surface area contributed by atoms with Crippen LogP contribution in [0.3, 0.4) is 0 Å². The molecule has 26 heavy (non-hydrogen) atoms. The van der Waals surface area contributed by atoms with Gasteiger partial charge in [-0.3, -0.25) is 4.79 Å². The van der Waals surface area contributed by atoms with Crippen molar-refractivity contribution in [1.82, 2.24) is 30.1 Å². The normalized spacial score (nSPS) is 13.5. The molecule has 0 radical (unpaired) electrons. The fourth-order valence-electron chi connectivity index (χ4n) is 3.13. The standard InChI is InChI=1S/C18H19N7O/c1-11-3-5-14(6-4-11)25-12(2)17(22-23-25)18(26)24-8-7-15-13(10-24)9-16(19)21-20-15/h3-6,9H,7-8,10H2,1-2H3,(H2,19,21). The van der Waals surface area contributed by atoms with E-state index in [-0.39, 0.29) is 5.91 Å². The number of rotatable bonds is 2. The van der Waals surface area contributed by atoms with E-state index in [0.29, 0.717) is 31.0 Å². The first-order valence-corrected chi connectivity index (χ1v) is 8.42. The zero-order valence-electron chi connectivity index (χ0n) is 14.7. The molecule has 1 aromatic carbocycles. The second-order valence-corrected chi connectivity index (χ2v) is 6.49. The van der Waals surface area contributed by atoms with Gasteiger partial charge in [0, 0.05) is 19.5 Å². The van der Waals surface area contributed by atoms with Gasteiger partial charge in [-0.25, -0.2) is 4.68 Å². The highest BCUT2D eigenvalue weighted by Crippen LogP contribution is 2.21. The lowest BCUT2D eigenvalue weighted by molar-refractivity contribution is 0.0726. The minimum Gasteiger partial charge on any atom is -0.382 e. The average molecular weight is 349 g/mol. The molecule has 1 aliphatic heterocycles. The van der Waals surface area contributed by atoms with Crippen molar-refractivity contribution >= 4 is 11.7 Å². The van der Waals surface area contributed by atoms with Crippen LogP contribution in [0.2, 0.25) is 0 Å². The Morgan fingerprint density at radius 3 is 2.65 bits per heavy atom. The highest BCUT2D eigenvalue weighted by atomic mass is 16.2. The zero-order chi connectivity index (χ0) is 18.3. The van der Waals surface area contributed by atoms with Gasteiger partial charge in [0.1, 0.15) is 5.82 Å². The van der Waals surface area contributed by atoms with Gasteiger partial charge in [0.05, 0.1) is 17.1 Å². The van der Waals surface area contributed by atoms with Crippen LogP contribution in [0.4, 0.5) is 5.82 Å². The molecule has 0 spiro atoms. The first kappa shape index (κ1) is 16.2. The number of nitrogens with zero attached hydrogens (tertiary/aromatic N) is 6. The molecule has 132 valence electrons. The van der Waals surface area contributed by atoms with Crippen molar-refractivity contribution in [2.45, 2.75) is 26.8 Å². The summed E-state index contributed by atoms with van der Waals surface area (Å²) in [6.07, 6.45) is 0.652. The number of carbonyl (C=O) groups excluding carboxylic acids is 1. The van der Waals surface area contributed by atoms with Crippen molar-refractivity contribution in [2.24, 2.45) is 0 Å². The Morgan fingerprint density at radius 1 is 1.12 bits per heavy atom. The van der Waals surface area contributed by atoms with E-state index in [1.54, 1.807) is 15.6 Å². The van der Waals surface area contributed by atoms with Crippen molar-refractivity contribution in [3.63, 3.8) is 0 Å². The van der Waals surface area contributed by atoms with E-state index in [0.717, 1.165) is 28.2 Å². The third-order valence-electron chi connectivity index (χ3n) is 4.62. The van der Waals surface area contributed by atoms with E-state index in [1.165, 1.54) is 0 Å². The molecule has 0 fully saturated rings. The molecule has 3 heterocycles.